The average Bonchev–Trinajstić information content (AvgIpc) is 3.43. The fraction of sp³-hybridized carbons (Fsp3) is 0.619. The van der Waals surface area contributed by atoms with Crippen LogP contribution in [0.5, 0.6) is 0 Å². The molecule has 1 saturated carbocycles. The molecule has 3 fully saturated rings. The molecule has 29 heavy (non-hydrogen) atoms. The minimum atomic E-state index is -2.88. The van der Waals surface area contributed by atoms with Crippen molar-refractivity contribution in [1.29, 1.82) is 0 Å². The molecule has 2 heterocycles. The van der Waals surface area contributed by atoms with E-state index in [-0.39, 0.29) is 23.8 Å². The number of rotatable bonds is 6. The number of carbonyl (C=O) groups is 2. The van der Waals surface area contributed by atoms with Gasteiger partial charge in [0.05, 0.1) is 12.6 Å². The van der Waals surface area contributed by atoms with E-state index in [4.69, 9.17) is 0 Å². The Bertz CT molecular complexity index is 773. The van der Waals surface area contributed by atoms with Crippen molar-refractivity contribution >= 4 is 17.5 Å². The second-order valence-corrected chi connectivity index (χ2v) is 8.70. The third-order valence-corrected chi connectivity index (χ3v) is 6.10. The maximum atomic E-state index is 14.1. The summed E-state index contributed by atoms with van der Waals surface area (Å²) in [6.45, 7) is 0.778. The van der Waals surface area contributed by atoms with Crippen molar-refractivity contribution in [3.63, 3.8) is 0 Å². The number of carbonyl (C=O) groups excluding carboxylic acids is 2. The van der Waals surface area contributed by atoms with Gasteiger partial charge in [-0.15, -0.1) is 0 Å². The van der Waals surface area contributed by atoms with Crippen LogP contribution in [-0.2, 0) is 16.1 Å². The molecule has 1 aliphatic carbocycles. The Kier molecular flexibility index (Phi) is 5.23. The van der Waals surface area contributed by atoms with Crippen LogP contribution in [0.4, 0.5) is 14.5 Å². The van der Waals surface area contributed by atoms with Crippen molar-refractivity contribution in [1.82, 2.24) is 15.1 Å². The van der Waals surface area contributed by atoms with Crippen LogP contribution in [0.3, 0.4) is 0 Å². The molecule has 1 aromatic rings. The Morgan fingerprint density at radius 3 is 2.41 bits per heavy atom. The zero-order valence-corrected chi connectivity index (χ0v) is 16.9. The Hall–Kier alpha value is -2.22. The summed E-state index contributed by atoms with van der Waals surface area (Å²) in [6.07, 6.45) is 1.40. The van der Waals surface area contributed by atoms with E-state index >= 15 is 0 Å². The first-order valence-electron chi connectivity index (χ1n) is 10.2. The second-order valence-electron chi connectivity index (χ2n) is 8.70. The van der Waals surface area contributed by atoms with Gasteiger partial charge in [0, 0.05) is 57.8 Å². The smallest absolute Gasteiger partial charge is 0.262 e. The van der Waals surface area contributed by atoms with Crippen LogP contribution in [0, 0.1) is 5.92 Å². The number of alkyl halides is 2. The molecule has 0 aromatic heterocycles. The zero-order chi connectivity index (χ0) is 20.8. The first-order chi connectivity index (χ1) is 13.7. The SMILES string of the molecule is CN(C)c1ccc(CNC(=O)[C@@H]2CC(F)(F)CN2C2CN(C(=O)C3CC3)C2)cc1. The molecule has 4 rings (SSSR count). The molecule has 1 atom stereocenters. The van der Waals surface area contributed by atoms with Crippen molar-refractivity contribution in [3.05, 3.63) is 29.8 Å². The second kappa shape index (κ2) is 7.55. The molecule has 158 valence electrons. The van der Waals surface area contributed by atoms with Gasteiger partial charge in [-0.25, -0.2) is 8.78 Å². The molecular weight excluding hydrogens is 378 g/mol. The first-order valence-corrected chi connectivity index (χ1v) is 10.2. The van der Waals surface area contributed by atoms with Gasteiger partial charge in [0.15, 0.2) is 0 Å². The summed E-state index contributed by atoms with van der Waals surface area (Å²) in [7, 11) is 3.90. The van der Waals surface area contributed by atoms with E-state index in [2.05, 4.69) is 5.32 Å². The van der Waals surface area contributed by atoms with E-state index < -0.39 is 24.9 Å². The predicted molar refractivity (Wildman–Crippen MR) is 106 cm³/mol. The molecule has 1 N–H and O–H groups in total. The van der Waals surface area contributed by atoms with Crippen LogP contribution in [0.15, 0.2) is 24.3 Å². The first kappa shape index (κ1) is 20.1. The van der Waals surface area contributed by atoms with Crippen molar-refractivity contribution in [2.75, 3.05) is 38.6 Å². The number of nitrogens with one attached hydrogen (secondary N) is 1. The molecule has 0 radical (unpaired) electrons. The maximum absolute atomic E-state index is 14.1. The molecular formula is C21H28F2N4O2. The Morgan fingerprint density at radius 2 is 1.83 bits per heavy atom. The molecule has 3 aliphatic rings. The maximum Gasteiger partial charge on any atom is 0.262 e. The molecule has 0 spiro atoms. The van der Waals surface area contributed by atoms with Crippen LogP contribution in [-0.4, -0.2) is 73.4 Å². The quantitative estimate of drug-likeness (QED) is 0.782. The van der Waals surface area contributed by atoms with Crippen molar-refractivity contribution in [2.45, 2.75) is 43.8 Å². The molecule has 1 aromatic carbocycles. The highest BCUT2D eigenvalue weighted by Gasteiger charge is 2.53. The lowest BCUT2D eigenvalue weighted by molar-refractivity contribution is -0.141. The van der Waals surface area contributed by atoms with Crippen LogP contribution in [0.2, 0.25) is 0 Å². The lowest BCUT2D eigenvalue weighted by atomic mass is 10.0. The third-order valence-electron chi connectivity index (χ3n) is 6.10. The fourth-order valence-electron chi connectivity index (χ4n) is 4.12. The number of hydrogen-bond donors (Lipinski definition) is 1. The van der Waals surface area contributed by atoms with Gasteiger partial charge in [-0.2, -0.15) is 0 Å². The number of likely N-dealkylation sites (tertiary alicyclic amines) is 2. The van der Waals surface area contributed by atoms with Crippen LogP contribution in [0.25, 0.3) is 0 Å². The van der Waals surface area contributed by atoms with Gasteiger partial charge >= 0.3 is 0 Å². The number of nitrogens with zero attached hydrogens (tertiary/aromatic N) is 3. The van der Waals surface area contributed by atoms with E-state index in [0.717, 1.165) is 24.1 Å². The van der Waals surface area contributed by atoms with Gasteiger partial charge < -0.3 is 15.1 Å². The lowest BCUT2D eigenvalue weighted by Crippen LogP contribution is -2.64. The molecule has 8 heteroatoms. The van der Waals surface area contributed by atoms with Crippen molar-refractivity contribution < 1.29 is 18.4 Å². The van der Waals surface area contributed by atoms with Crippen LogP contribution >= 0.6 is 0 Å². The van der Waals surface area contributed by atoms with E-state index in [1.807, 2.05) is 43.3 Å². The summed E-state index contributed by atoms with van der Waals surface area (Å²) in [5, 5.41) is 2.81. The van der Waals surface area contributed by atoms with Gasteiger partial charge in [0.2, 0.25) is 11.8 Å². The molecule has 2 amide bonds. The van der Waals surface area contributed by atoms with E-state index in [1.165, 1.54) is 0 Å². The highest BCUT2D eigenvalue weighted by atomic mass is 19.3. The molecule has 2 aliphatic heterocycles. The number of hydrogen-bond acceptors (Lipinski definition) is 4. The summed E-state index contributed by atoms with van der Waals surface area (Å²) in [5.41, 5.74) is 1.97. The van der Waals surface area contributed by atoms with Gasteiger partial charge in [-0.05, 0) is 30.5 Å². The van der Waals surface area contributed by atoms with Crippen LogP contribution in [0.1, 0.15) is 24.8 Å². The minimum Gasteiger partial charge on any atom is -0.378 e. The minimum absolute atomic E-state index is 0.133. The van der Waals surface area contributed by atoms with Crippen LogP contribution < -0.4 is 10.2 Å². The summed E-state index contributed by atoms with van der Waals surface area (Å²) < 4.78 is 28.2. The topological polar surface area (TPSA) is 55.9 Å². The summed E-state index contributed by atoms with van der Waals surface area (Å²) in [5.74, 6) is -2.98. The van der Waals surface area contributed by atoms with Crippen molar-refractivity contribution in [2.24, 2.45) is 5.92 Å². The Balaban J connectivity index is 1.33. The monoisotopic (exact) mass is 406 g/mol. The number of amides is 2. The van der Waals surface area contributed by atoms with E-state index in [9.17, 15) is 18.4 Å². The largest absolute Gasteiger partial charge is 0.378 e. The summed E-state index contributed by atoms with van der Waals surface area (Å²) in [4.78, 5) is 30.1. The highest BCUT2D eigenvalue weighted by Crippen LogP contribution is 2.37. The highest BCUT2D eigenvalue weighted by molar-refractivity contribution is 5.83. The molecule has 2 saturated heterocycles. The lowest BCUT2D eigenvalue weighted by Gasteiger charge is -2.45. The average molecular weight is 406 g/mol. The zero-order valence-electron chi connectivity index (χ0n) is 16.9. The standard InChI is InChI=1S/C21H28F2N4O2/c1-25(2)16-7-3-14(4-8-16)10-24-19(28)18-9-21(22,23)13-27(18)17-11-26(12-17)20(29)15-5-6-15/h3-4,7-8,15,17-18H,5-6,9-13H2,1-2H3,(H,24,28)/t18-/m0/s1. The Labute approximate surface area is 169 Å². The fourth-order valence-corrected chi connectivity index (χ4v) is 4.12. The van der Waals surface area contributed by atoms with Gasteiger partial charge in [0.25, 0.3) is 5.92 Å². The summed E-state index contributed by atoms with van der Waals surface area (Å²) >= 11 is 0. The third kappa shape index (κ3) is 4.37. The van der Waals surface area contributed by atoms with E-state index in [1.54, 1.807) is 9.80 Å². The number of halogens is 2. The number of benzene rings is 1. The molecule has 0 bridgehead atoms. The summed E-state index contributed by atoms with van der Waals surface area (Å²) in [6, 6.07) is 6.73. The Morgan fingerprint density at radius 1 is 1.17 bits per heavy atom. The normalized spacial score (nSPS) is 24.3. The van der Waals surface area contributed by atoms with Gasteiger partial charge in [-0.3, -0.25) is 14.5 Å². The molecule has 0 unspecified atom stereocenters. The van der Waals surface area contributed by atoms with Gasteiger partial charge in [0.1, 0.15) is 0 Å². The van der Waals surface area contributed by atoms with E-state index in [0.29, 0.717) is 19.6 Å². The van der Waals surface area contributed by atoms with Crippen molar-refractivity contribution in [3.8, 4) is 0 Å². The van der Waals surface area contributed by atoms with Gasteiger partial charge in [-0.1, -0.05) is 12.1 Å². The predicted octanol–water partition coefficient (Wildman–Crippen LogP) is 1.70. The molecule has 6 nitrogen and oxygen atoms in total. The number of anilines is 1.